The second kappa shape index (κ2) is 4.95. The predicted molar refractivity (Wildman–Crippen MR) is 56.6 cm³/mol. The fourth-order valence-corrected chi connectivity index (χ4v) is 2.15. The van der Waals surface area contributed by atoms with E-state index in [9.17, 15) is 15.3 Å². The van der Waals surface area contributed by atoms with E-state index in [2.05, 4.69) is 0 Å². The SMILES string of the molecule is CC1(C)O[C@H](CO)[C@@H](O)[C@H](N)[C@@H](O)[C@@H]1CO. The Hall–Kier alpha value is -0.240. The van der Waals surface area contributed by atoms with Crippen molar-refractivity contribution in [1.29, 1.82) is 0 Å². The van der Waals surface area contributed by atoms with Crippen molar-refractivity contribution in [3.63, 3.8) is 0 Å². The third-order valence-electron chi connectivity index (χ3n) is 3.31. The summed E-state index contributed by atoms with van der Waals surface area (Å²) < 4.78 is 5.50. The van der Waals surface area contributed by atoms with E-state index in [1.807, 2.05) is 0 Å². The minimum Gasteiger partial charge on any atom is -0.396 e. The van der Waals surface area contributed by atoms with Gasteiger partial charge in [-0.05, 0) is 13.8 Å². The lowest BCUT2D eigenvalue weighted by atomic mass is 9.83. The van der Waals surface area contributed by atoms with Crippen LogP contribution in [0.5, 0.6) is 0 Å². The molecule has 1 aliphatic heterocycles. The van der Waals surface area contributed by atoms with Crippen LogP contribution in [0.15, 0.2) is 0 Å². The first-order chi connectivity index (χ1) is 7.35. The highest BCUT2D eigenvalue weighted by molar-refractivity contribution is 4.98. The van der Waals surface area contributed by atoms with Crippen molar-refractivity contribution in [2.75, 3.05) is 13.2 Å². The van der Waals surface area contributed by atoms with Gasteiger partial charge in [-0.15, -0.1) is 0 Å². The summed E-state index contributed by atoms with van der Waals surface area (Å²) in [6.07, 6.45) is -3.08. The van der Waals surface area contributed by atoms with Gasteiger partial charge in [0.1, 0.15) is 12.2 Å². The number of nitrogens with two attached hydrogens (primary N) is 1. The van der Waals surface area contributed by atoms with Crippen molar-refractivity contribution in [3.05, 3.63) is 0 Å². The number of rotatable bonds is 2. The molecule has 0 saturated carbocycles. The van der Waals surface area contributed by atoms with Gasteiger partial charge in [0.25, 0.3) is 0 Å². The summed E-state index contributed by atoms with van der Waals surface area (Å²) in [6, 6.07) is -0.948. The quantitative estimate of drug-likeness (QED) is 0.371. The molecule has 0 aromatic carbocycles. The molecule has 0 aliphatic carbocycles. The molecule has 0 spiro atoms. The molecule has 1 fully saturated rings. The van der Waals surface area contributed by atoms with Gasteiger partial charge in [-0.25, -0.2) is 0 Å². The van der Waals surface area contributed by atoms with Crippen LogP contribution in [0.3, 0.4) is 0 Å². The summed E-state index contributed by atoms with van der Waals surface area (Å²) in [7, 11) is 0. The van der Waals surface area contributed by atoms with Gasteiger partial charge in [0, 0.05) is 5.92 Å². The Bertz CT molecular complexity index is 235. The molecule has 0 amide bonds. The minimum atomic E-state index is -1.16. The molecular formula is C10H21NO5. The van der Waals surface area contributed by atoms with Crippen LogP contribution in [0.2, 0.25) is 0 Å². The van der Waals surface area contributed by atoms with E-state index in [1.165, 1.54) is 0 Å². The molecule has 1 saturated heterocycles. The van der Waals surface area contributed by atoms with Gasteiger partial charge in [-0.2, -0.15) is 0 Å². The van der Waals surface area contributed by atoms with Crippen LogP contribution in [-0.4, -0.2) is 63.6 Å². The highest BCUT2D eigenvalue weighted by Crippen LogP contribution is 2.32. The standard InChI is InChI=1S/C10H21NO5/c1-10(2)5(3-12)8(14)7(11)9(15)6(4-13)16-10/h5-9,12-15H,3-4,11H2,1-2H3/t5-,6+,7+,8-,9+/m0/s1. The van der Waals surface area contributed by atoms with Crippen LogP contribution in [-0.2, 0) is 4.74 Å². The lowest BCUT2D eigenvalue weighted by Crippen LogP contribution is -2.52. The lowest BCUT2D eigenvalue weighted by Gasteiger charge is -2.35. The zero-order valence-corrected chi connectivity index (χ0v) is 9.58. The van der Waals surface area contributed by atoms with Crippen molar-refractivity contribution >= 4 is 0 Å². The molecule has 1 heterocycles. The average Bonchev–Trinajstić information content (AvgIpc) is 2.28. The van der Waals surface area contributed by atoms with Crippen LogP contribution in [0.25, 0.3) is 0 Å². The number of aliphatic hydroxyl groups excluding tert-OH is 4. The van der Waals surface area contributed by atoms with Crippen molar-refractivity contribution in [3.8, 4) is 0 Å². The first kappa shape index (κ1) is 13.8. The number of ether oxygens (including phenoxy) is 1. The molecule has 0 aromatic heterocycles. The Morgan fingerprint density at radius 1 is 1.12 bits per heavy atom. The molecule has 0 aromatic rings. The van der Waals surface area contributed by atoms with Gasteiger partial charge in [-0.3, -0.25) is 0 Å². The fourth-order valence-electron chi connectivity index (χ4n) is 2.15. The van der Waals surface area contributed by atoms with Crippen molar-refractivity contribution in [2.45, 2.75) is 43.8 Å². The van der Waals surface area contributed by atoms with Gasteiger partial charge in [-0.1, -0.05) is 0 Å². The number of aliphatic hydroxyl groups is 4. The third-order valence-corrected chi connectivity index (χ3v) is 3.31. The third kappa shape index (κ3) is 2.37. The van der Waals surface area contributed by atoms with Gasteiger partial charge >= 0.3 is 0 Å². The van der Waals surface area contributed by atoms with E-state index >= 15 is 0 Å². The maximum absolute atomic E-state index is 9.93. The molecule has 5 atom stereocenters. The lowest BCUT2D eigenvalue weighted by molar-refractivity contribution is -0.150. The van der Waals surface area contributed by atoms with Crippen molar-refractivity contribution in [1.82, 2.24) is 0 Å². The molecule has 96 valence electrons. The number of hydrogen-bond donors (Lipinski definition) is 5. The normalized spacial score (nSPS) is 44.1. The summed E-state index contributed by atoms with van der Waals surface area (Å²) >= 11 is 0. The van der Waals surface area contributed by atoms with Crippen molar-refractivity contribution in [2.24, 2.45) is 11.7 Å². The molecule has 1 rings (SSSR count). The minimum absolute atomic E-state index is 0.299. The predicted octanol–water partition coefficient (Wildman–Crippen LogP) is -2.19. The summed E-state index contributed by atoms with van der Waals surface area (Å²) in [5.74, 6) is -0.603. The Morgan fingerprint density at radius 2 is 1.69 bits per heavy atom. The Balaban J connectivity index is 3.00. The van der Waals surface area contributed by atoms with E-state index in [-0.39, 0.29) is 13.2 Å². The second-order valence-electron chi connectivity index (χ2n) is 4.79. The fraction of sp³-hybridized carbons (Fsp3) is 1.00. The van der Waals surface area contributed by atoms with Gasteiger partial charge < -0.3 is 30.9 Å². The molecular weight excluding hydrogens is 214 g/mol. The second-order valence-corrected chi connectivity index (χ2v) is 4.79. The van der Waals surface area contributed by atoms with E-state index < -0.39 is 35.9 Å². The average molecular weight is 235 g/mol. The first-order valence-corrected chi connectivity index (χ1v) is 5.36. The van der Waals surface area contributed by atoms with E-state index in [1.54, 1.807) is 13.8 Å². The molecule has 6 nitrogen and oxygen atoms in total. The summed E-state index contributed by atoms with van der Waals surface area (Å²) in [5, 5.41) is 38.1. The van der Waals surface area contributed by atoms with Gasteiger partial charge in [0.2, 0.25) is 0 Å². The topological polar surface area (TPSA) is 116 Å². The van der Waals surface area contributed by atoms with Gasteiger partial charge in [0.15, 0.2) is 0 Å². The van der Waals surface area contributed by atoms with Crippen LogP contribution in [0.1, 0.15) is 13.8 Å². The van der Waals surface area contributed by atoms with Crippen LogP contribution in [0, 0.1) is 5.92 Å². The number of hydrogen-bond acceptors (Lipinski definition) is 6. The van der Waals surface area contributed by atoms with E-state index in [0.717, 1.165) is 0 Å². The van der Waals surface area contributed by atoms with Crippen LogP contribution >= 0.6 is 0 Å². The Kier molecular flexibility index (Phi) is 4.28. The molecule has 0 bridgehead atoms. The molecule has 0 unspecified atom stereocenters. The zero-order chi connectivity index (χ0) is 12.5. The first-order valence-electron chi connectivity index (χ1n) is 5.36. The molecule has 6 heteroatoms. The molecule has 1 aliphatic rings. The summed E-state index contributed by atoms with van der Waals surface area (Å²) in [5.41, 5.74) is 4.81. The summed E-state index contributed by atoms with van der Waals surface area (Å²) in [6.45, 7) is 2.69. The maximum Gasteiger partial charge on any atom is 0.109 e. The maximum atomic E-state index is 9.93. The van der Waals surface area contributed by atoms with Crippen LogP contribution < -0.4 is 5.73 Å². The van der Waals surface area contributed by atoms with E-state index in [0.29, 0.717) is 0 Å². The molecule has 6 N–H and O–H groups in total. The highest BCUT2D eigenvalue weighted by atomic mass is 16.5. The summed E-state index contributed by atoms with van der Waals surface area (Å²) in [4.78, 5) is 0. The Morgan fingerprint density at radius 3 is 2.12 bits per heavy atom. The monoisotopic (exact) mass is 235 g/mol. The largest absolute Gasteiger partial charge is 0.396 e. The van der Waals surface area contributed by atoms with E-state index in [4.69, 9.17) is 15.6 Å². The van der Waals surface area contributed by atoms with Gasteiger partial charge in [0.05, 0.1) is 31.0 Å². The Labute approximate surface area is 94.6 Å². The van der Waals surface area contributed by atoms with Crippen molar-refractivity contribution < 1.29 is 25.2 Å². The highest BCUT2D eigenvalue weighted by Gasteiger charge is 2.47. The zero-order valence-electron chi connectivity index (χ0n) is 9.58. The molecule has 0 radical (unpaired) electrons. The smallest absolute Gasteiger partial charge is 0.109 e. The van der Waals surface area contributed by atoms with Crippen LogP contribution in [0.4, 0.5) is 0 Å². The molecule has 16 heavy (non-hydrogen) atoms.